The van der Waals surface area contributed by atoms with E-state index in [0.717, 1.165) is 0 Å². The topological polar surface area (TPSA) is 130 Å². The van der Waals surface area contributed by atoms with E-state index in [1.807, 2.05) is 0 Å². The molecule has 1 aliphatic heterocycles. The van der Waals surface area contributed by atoms with Gasteiger partial charge in [0.1, 0.15) is 24.3 Å². The molecule has 0 radical (unpaired) electrons. The van der Waals surface area contributed by atoms with Crippen LogP contribution in [0, 0.1) is 5.92 Å². The number of carboxylic acids is 2. The zero-order valence-corrected chi connectivity index (χ0v) is 16.5. The van der Waals surface area contributed by atoms with Gasteiger partial charge in [0, 0.05) is 0 Å². The number of esters is 1. The van der Waals surface area contributed by atoms with Crippen LogP contribution in [0.1, 0.15) is 39.2 Å². The molecule has 1 amide bonds. The third-order valence-electron chi connectivity index (χ3n) is 4.43. The fourth-order valence-corrected chi connectivity index (χ4v) is 3.20. The zero-order chi connectivity index (χ0) is 21.8. The highest BCUT2D eigenvalue weighted by Crippen LogP contribution is 2.31. The van der Waals surface area contributed by atoms with Crippen LogP contribution >= 0.6 is 0 Å². The Morgan fingerprint density at radius 2 is 1.66 bits per heavy atom. The normalized spacial score (nSPS) is 21.9. The first kappa shape index (κ1) is 22.2. The number of likely N-dealkylation sites (tertiary alicyclic amines) is 1. The molecule has 1 fully saturated rings. The van der Waals surface area contributed by atoms with Gasteiger partial charge in [0.15, 0.2) is 0 Å². The van der Waals surface area contributed by atoms with E-state index in [1.54, 1.807) is 51.1 Å². The molecule has 2 N–H and O–H groups in total. The number of amides is 1. The van der Waals surface area contributed by atoms with Gasteiger partial charge in [-0.25, -0.2) is 14.4 Å². The van der Waals surface area contributed by atoms with Crippen molar-refractivity contribution in [2.45, 2.75) is 57.9 Å². The van der Waals surface area contributed by atoms with E-state index >= 15 is 0 Å². The van der Waals surface area contributed by atoms with Crippen molar-refractivity contribution in [1.29, 1.82) is 0 Å². The van der Waals surface area contributed by atoms with Gasteiger partial charge >= 0.3 is 24.0 Å². The number of hydrogen-bond acceptors (Lipinski definition) is 6. The van der Waals surface area contributed by atoms with E-state index in [4.69, 9.17) is 9.47 Å². The molecule has 0 aromatic heterocycles. The molecule has 1 aromatic rings. The average molecular weight is 407 g/mol. The van der Waals surface area contributed by atoms with E-state index in [1.165, 1.54) is 0 Å². The maximum Gasteiger partial charge on any atom is 0.411 e. The summed E-state index contributed by atoms with van der Waals surface area (Å²) in [7, 11) is 0. The molecule has 0 aliphatic carbocycles. The minimum absolute atomic E-state index is 0.0846. The van der Waals surface area contributed by atoms with Crippen LogP contribution in [0.25, 0.3) is 0 Å². The third-order valence-corrected chi connectivity index (χ3v) is 4.43. The standard InChI is InChI=1S/C20H25NO8/c1-20(2,3)29-18(26)15-13(16(22)23)9-10-14(17(24)25)21(15)19(27)28-11-12-7-5-4-6-8-12/h4-8,13-15H,9-11H2,1-3H3,(H,22,23)(H,24,25)/t13-,14-,15-/m0/s1. The van der Waals surface area contributed by atoms with Gasteiger partial charge in [0.25, 0.3) is 0 Å². The van der Waals surface area contributed by atoms with Gasteiger partial charge in [0.2, 0.25) is 0 Å². The number of ether oxygens (including phenoxy) is 2. The minimum atomic E-state index is -1.61. The Labute approximate surface area is 168 Å². The van der Waals surface area contributed by atoms with E-state index in [-0.39, 0.29) is 19.4 Å². The fourth-order valence-electron chi connectivity index (χ4n) is 3.20. The van der Waals surface area contributed by atoms with Gasteiger partial charge < -0.3 is 19.7 Å². The number of nitrogens with zero attached hydrogens (tertiary/aromatic N) is 1. The molecule has 1 aromatic carbocycles. The van der Waals surface area contributed by atoms with Crippen LogP contribution in [0.15, 0.2) is 30.3 Å². The lowest BCUT2D eigenvalue weighted by Crippen LogP contribution is -2.61. The van der Waals surface area contributed by atoms with E-state index in [0.29, 0.717) is 10.5 Å². The SMILES string of the molecule is CC(C)(C)OC(=O)[C@@H]1[C@@H](C(=O)O)CC[C@@H](C(=O)O)N1C(=O)OCc1ccccc1. The van der Waals surface area contributed by atoms with Crippen LogP contribution in [0.4, 0.5) is 4.79 Å². The number of hydrogen-bond donors (Lipinski definition) is 2. The zero-order valence-electron chi connectivity index (χ0n) is 16.5. The molecule has 0 unspecified atom stereocenters. The Morgan fingerprint density at radius 1 is 1.03 bits per heavy atom. The molecular formula is C20H25NO8. The Kier molecular flexibility index (Phi) is 6.84. The van der Waals surface area contributed by atoms with Crippen molar-refractivity contribution in [2.24, 2.45) is 5.92 Å². The number of rotatable bonds is 5. The third kappa shape index (κ3) is 5.69. The highest BCUT2D eigenvalue weighted by Gasteiger charge is 2.51. The Balaban J connectivity index is 2.34. The van der Waals surface area contributed by atoms with Gasteiger partial charge in [-0.15, -0.1) is 0 Å². The minimum Gasteiger partial charge on any atom is -0.481 e. The first-order valence-corrected chi connectivity index (χ1v) is 9.18. The summed E-state index contributed by atoms with van der Waals surface area (Å²) in [4.78, 5) is 49.7. The van der Waals surface area contributed by atoms with E-state index in [2.05, 4.69) is 0 Å². The first-order chi connectivity index (χ1) is 13.5. The molecule has 0 saturated carbocycles. The molecule has 9 nitrogen and oxygen atoms in total. The second kappa shape index (κ2) is 8.93. The lowest BCUT2D eigenvalue weighted by atomic mass is 9.85. The molecule has 158 valence electrons. The number of piperidine rings is 1. The van der Waals surface area contributed by atoms with Crippen LogP contribution < -0.4 is 0 Å². The van der Waals surface area contributed by atoms with Gasteiger partial charge in [-0.3, -0.25) is 9.69 Å². The molecule has 29 heavy (non-hydrogen) atoms. The van der Waals surface area contributed by atoms with Crippen LogP contribution in [0.2, 0.25) is 0 Å². The maximum absolute atomic E-state index is 12.8. The first-order valence-electron chi connectivity index (χ1n) is 9.18. The van der Waals surface area contributed by atoms with Crippen molar-refractivity contribution < 1.29 is 38.9 Å². The molecule has 1 saturated heterocycles. The lowest BCUT2D eigenvalue weighted by Gasteiger charge is -2.41. The molecule has 0 spiro atoms. The van der Waals surface area contributed by atoms with Crippen molar-refractivity contribution in [2.75, 3.05) is 0 Å². The molecule has 2 rings (SSSR count). The quantitative estimate of drug-likeness (QED) is 0.711. The summed E-state index contributed by atoms with van der Waals surface area (Å²) >= 11 is 0. The van der Waals surface area contributed by atoms with Crippen molar-refractivity contribution in [3.8, 4) is 0 Å². The summed E-state index contributed by atoms with van der Waals surface area (Å²) < 4.78 is 10.5. The van der Waals surface area contributed by atoms with Crippen molar-refractivity contribution in [3.05, 3.63) is 35.9 Å². The summed E-state index contributed by atoms with van der Waals surface area (Å²) in [6, 6.07) is 5.69. The average Bonchev–Trinajstić information content (AvgIpc) is 2.64. The van der Waals surface area contributed by atoms with Crippen LogP contribution in [0.3, 0.4) is 0 Å². The lowest BCUT2D eigenvalue weighted by molar-refractivity contribution is -0.174. The van der Waals surface area contributed by atoms with Crippen molar-refractivity contribution in [1.82, 2.24) is 4.90 Å². The summed E-state index contributed by atoms with van der Waals surface area (Å²) in [6.07, 6.45) is -1.28. The van der Waals surface area contributed by atoms with Crippen LogP contribution in [-0.4, -0.2) is 56.8 Å². The van der Waals surface area contributed by atoms with Gasteiger partial charge in [0.05, 0.1) is 5.92 Å². The second-order valence-corrected chi connectivity index (χ2v) is 7.80. The number of carbonyl (C=O) groups excluding carboxylic acids is 2. The summed E-state index contributed by atoms with van der Waals surface area (Å²) in [6.45, 7) is 4.63. The Morgan fingerprint density at radius 3 is 2.17 bits per heavy atom. The highest BCUT2D eigenvalue weighted by molar-refractivity contribution is 5.91. The number of carbonyl (C=O) groups is 4. The summed E-state index contributed by atoms with van der Waals surface area (Å²) in [5.41, 5.74) is -0.288. The molecule has 0 bridgehead atoms. The van der Waals surface area contributed by atoms with Gasteiger partial charge in [-0.05, 0) is 39.2 Å². The molecular weight excluding hydrogens is 382 g/mol. The van der Waals surface area contributed by atoms with Crippen molar-refractivity contribution >= 4 is 24.0 Å². The fraction of sp³-hybridized carbons (Fsp3) is 0.500. The number of aliphatic carboxylic acids is 2. The molecule has 1 aliphatic rings. The summed E-state index contributed by atoms with van der Waals surface area (Å²) in [5, 5.41) is 19.1. The Bertz CT molecular complexity index is 770. The molecule has 3 atom stereocenters. The molecule has 1 heterocycles. The van der Waals surface area contributed by atoms with Crippen molar-refractivity contribution in [3.63, 3.8) is 0 Å². The van der Waals surface area contributed by atoms with Crippen LogP contribution in [-0.2, 0) is 30.5 Å². The second-order valence-electron chi connectivity index (χ2n) is 7.80. The van der Waals surface area contributed by atoms with Crippen LogP contribution in [0.5, 0.6) is 0 Å². The predicted octanol–water partition coefficient (Wildman–Crippen LogP) is 2.28. The molecule has 9 heteroatoms. The van der Waals surface area contributed by atoms with E-state index in [9.17, 15) is 29.4 Å². The monoisotopic (exact) mass is 407 g/mol. The summed E-state index contributed by atoms with van der Waals surface area (Å²) in [5.74, 6) is -4.94. The van der Waals surface area contributed by atoms with Gasteiger partial charge in [-0.1, -0.05) is 30.3 Å². The van der Waals surface area contributed by atoms with E-state index < -0.39 is 47.6 Å². The predicted molar refractivity (Wildman–Crippen MR) is 99.9 cm³/mol. The highest BCUT2D eigenvalue weighted by atomic mass is 16.6. The number of carboxylic acid groups (broad SMARTS) is 2. The Hall–Kier alpha value is -3.10. The number of benzene rings is 1. The van der Waals surface area contributed by atoms with Gasteiger partial charge in [-0.2, -0.15) is 0 Å². The smallest absolute Gasteiger partial charge is 0.411 e. The maximum atomic E-state index is 12.8. The largest absolute Gasteiger partial charge is 0.481 e.